The van der Waals surface area contributed by atoms with Gasteiger partial charge in [-0.15, -0.1) is 0 Å². The van der Waals surface area contributed by atoms with Crippen molar-refractivity contribution in [3.05, 3.63) is 40.7 Å². The number of ether oxygens (including phenoxy) is 1. The first-order valence-corrected chi connectivity index (χ1v) is 8.73. The molecule has 134 valence electrons. The van der Waals surface area contributed by atoms with Crippen LogP contribution in [-0.4, -0.2) is 32.3 Å². The van der Waals surface area contributed by atoms with E-state index in [0.29, 0.717) is 13.0 Å². The van der Waals surface area contributed by atoms with Gasteiger partial charge in [0.1, 0.15) is 6.10 Å². The summed E-state index contributed by atoms with van der Waals surface area (Å²) in [4.78, 5) is 21.0. The minimum Gasteiger partial charge on any atom is -0.370 e. The van der Waals surface area contributed by atoms with Crippen LogP contribution in [0.25, 0.3) is 0 Å². The zero-order valence-corrected chi connectivity index (χ0v) is 15.1. The standard InChI is InChI=1S/C18H25N5O2/c1-12-15(13(2)23(3)22-12)8-17(24)19-9-14-10-20-18(21-11-14)16-6-4-5-7-25-16/h10-11,16H,4-9H2,1-3H3,(H,19,24)/t16-/m1/s1. The Bertz CT molecular complexity index is 733. The average Bonchev–Trinajstić information content (AvgIpc) is 2.87. The molecule has 1 N–H and O–H groups in total. The van der Waals surface area contributed by atoms with Gasteiger partial charge in [0, 0.05) is 49.4 Å². The molecule has 7 nitrogen and oxygen atoms in total. The molecule has 0 saturated carbocycles. The highest BCUT2D eigenvalue weighted by Crippen LogP contribution is 2.24. The van der Waals surface area contributed by atoms with Crippen molar-refractivity contribution >= 4 is 5.91 Å². The molecule has 7 heteroatoms. The van der Waals surface area contributed by atoms with Crippen LogP contribution in [0, 0.1) is 13.8 Å². The van der Waals surface area contributed by atoms with Crippen LogP contribution < -0.4 is 5.32 Å². The predicted octanol–water partition coefficient (Wildman–Crippen LogP) is 1.93. The van der Waals surface area contributed by atoms with E-state index in [9.17, 15) is 4.79 Å². The molecular weight excluding hydrogens is 318 g/mol. The Balaban J connectivity index is 1.53. The van der Waals surface area contributed by atoms with Crippen LogP contribution in [-0.2, 0) is 29.5 Å². The van der Waals surface area contributed by atoms with Gasteiger partial charge in [-0.1, -0.05) is 0 Å². The Labute approximate surface area is 147 Å². The van der Waals surface area contributed by atoms with Gasteiger partial charge in [0.25, 0.3) is 0 Å². The van der Waals surface area contributed by atoms with Crippen molar-refractivity contribution in [3.63, 3.8) is 0 Å². The minimum absolute atomic E-state index is 0.00826. The number of nitrogens with zero attached hydrogens (tertiary/aromatic N) is 4. The number of hydrogen-bond acceptors (Lipinski definition) is 5. The largest absolute Gasteiger partial charge is 0.370 e. The first-order valence-electron chi connectivity index (χ1n) is 8.73. The molecule has 3 heterocycles. The van der Waals surface area contributed by atoms with E-state index in [0.717, 1.165) is 54.2 Å². The lowest BCUT2D eigenvalue weighted by molar-refractivity contribution is -0.120. The van der Waals surface area contributed by atoms with Crippen molar-refractivity contribution in [2.75, 3.05) is 6.61 Å². The third-order valence-electron chi connectivity index (χ3n) is 4.68. The molecule has 0 aliphatic carbocycles. The molecule has 1 aliphatic heterocycles. The molecule has 0 bridgehead atoms. The third kappa shape index (κ3) is 4.22. The second-order valence-corrected chi connectivity index (χ2v) is 6.53. The van der Waals surface area contributed by atoms with Gasteiger partial charge < -0.3 is 10.1 Å². The molecule has 2 aromatic heterocycles. The smallest absolute Gasteiger partial charge is 0.224 e. The van der Waals surface area contributed by atoms with Crippen LogP contribution in [0.5, 0.6) is 0 Å². The summed E-state index contributed by atoms with van der Waals surface area (Å²) in [6.07, 6.45) is 7.10. The van der Waals surface area contributed by atoms with E-state index in [1.807, 2.05) is 20.9 Å². The summed E-state index contributed by atoms with van der Waals surface area (Å²) in [5.41, 5.74) is 3.79. The summed E-state index contributed by atoms with van der Waals surface area (Å²) in [6.45, 7) is 5.10. The molecule has 0 spiro atoms. The van der Waals surface area contributed by atoms with E-state index in [-0.39, 0.29) is 12.0 Å². The molecule has 1 atom stereocenters. The molecule has 1 amide bonds. The van der Waals surface area contributed by atoms with Crippen LogP contribution in [0.15, 0.2) is 12.4 Å². The second kappa shape index (κ2) is 7.74. The number of carbonyl (C=O) groups is 1. The Hall–Kier alpha value is -2.28. The summed E-state index contributed by atoms with van der Waals surface area (Å²) in [5.74, 6) is 0.704. The van der Waals surface area contributed by atoms with Crippen molar-refractivity contribution in [3.8, 4) is 0 Å². The number of rotatable bonds is 5. The Morgan fingerprint density at radius 1 is 1.32 bits per heavy atom. The maximum atomic E-state index is 12.2. The van der Waals surface area contributed by atoms with Crippen molar-refractivity contribution < 1.29 is 9.53 Å². The van der Waals surface area contributed by atoms with E-state index >= 15 is 0 Å². The van der Waals surface area contributed by atoms with E-state index < -0.39 is 0 Å². The maximum absolute atomic E-state index is 12.2. The fraction of sp³-hybridized carbons (Fsp3) is 0.556. The minimum atomic E-state index is -0.0288. The van der Waals surface area contributed by atoms with Crippen molar-refractivity contribution in [2.45, 2.75) is 52.2 Å². The lowest BCUT2D eigenvalue weighted by Gasteiger charge is -2.21. The highest BCUT2D eigenvalue weighted by atomic mass is 16.5. The van der Waals surface area contributed by atoms with Crippen molar-refractivity contribution in [1.29, 1.82) is 0 Å². The Kier molecular flexibility index (Phi) is 5.43. The summed E-state index contributed by atoms with van der Waals surface area (Å²) in [7, 11) is 1.89. The van der Waals surface area contributed by atoms with E-state index in [4.69, 9.17) is 4.74 Å². The van der Waals surface area contributed by atoms with Gasteiger partial charge in [-0.3, -0.25) is 9.48 Å². The molecule has 3 rings (SSSR count). The lowest BCUT2D eigenvalue weighted by Crippen LogP contribution is -2.25. The second-order valence-electron chi connectivity index (χ2n) is 6.53. The summed E-state index contributed by atoms with van der Waals surface area (Å²) in [5, 5.41) is 7.26. The molecular formula is C18H25N5O2. The molecule has 0 unspecified atom stereocenters. The molecule has 25 heavy (non-hydrogen) atoms. The van der Waals surface area contributed by atoms with Crippen LogP contribution >= 0.6 is 0 Å². The van der Waals surface area contributed by atoms with E-state index in [1.54, 1.807) is 17.1 Å². The summed E-state index contributed by atoms with van der Waals surface area (Å²) < 4.78 is 7.49. The highest BCUT2D eigenvalue weighted by molar-refractivity contribution is 5.79. The number of hydrogen-bond donors (Lipinski definition) is 1. The average molecular weight is 343 g/mol. The first-order chi connectivity index (χ1) is 12.0. The number of aromatic nitrogens is 4. The highest BCUT2D eigenvalue weighted by Gasteiger charge is 2.18. The van der Waals surface area contributed by atoms with Gasteiger partial charge in [0.05, 0.1) is 12.1 Å². The van der Waals surface area contributed by atoms with Crippen LogP contribution in [0.4, 0.5) is 0 Å². The van der Waals surface area contributed by atoms with E-state index in [2.05, 4.69) is 20.4 Å². The van der Waals surface area contributed by atoms with Crippen molar-refractivity contribution in [1.82, 2.24) is 25.1 Å². The molecule has 0 radical (unpaired) electrons. The summed E-state index contributed by atoms with van der Waals surface area (Å²) in [6, 6.07) is 0. The number of carbonyl (C=O) groups excluding carboxylic acids is 1. The Morgan fingerprint density at radius 3 is 2.68 bits per heavy atom. The van der Waals surface area contributed by atoms with Gasteiger partial charge in [0.15, 0.2) is 5.82 Å². The fourth-order valence-corrected chi connectivity index (χ4v) is 3.06. The number of aryl methyl sites for hydroxylation is 2. The van der Waals surface area contributed by atoms with Gasteiger partial charge in [0.2, 0.25) is 5.91 Å². The topological polar surface area (TPSA) is 81.9 Å². The molecule has 1 aliphatic rings. The first kappa shape index (κ1) is 17.5. The fourth-order valence-electron chi connectivity index (χ4n) is 3.06. The Morgan fingerprint density at radius 2 is 2.08 bits per heavy atom. The van der Waals surface area contributed by atoms with Gasteiger partial charge in [-0.05, 0) is 33.1 Å². The molecule has 1 fully saturated rings. The molecule has 0 aromatic carbocycles. The molecule has 2 aromatic rings. The van der Waals surface area contributed by atoms with Crippen LogP contribution in [0.3, 0.4) is 0 Å². The quantitative estimate of drug-likeness (QED) is 0.897. The zero-order chi connectivity index (χ0) is 17.8. The van der Waals surface area contributed by atoms with Crippen LogP contribution in [0.1, 0.15) is 53.7 Å². The number of nitrogens with one attached hydrogen (secondary N) is 1. The van der Waals surface area contributed by atoms with Gasteiger partial charge >= 0.3 is 0 Å². The number of amides is 1. The lowest BCUT2D eigenvalue weighted by atomic mass is 10.1. The zero-order valence-electron chi connectivity index (χ0n) is 15.1. The van der Waals surface area contributed by atoms with E-state index in [1.165, 1.54) is 0 Å². The normalized spacial score (nSPS) is 17.5. The summed E-state index contributed by atoms with van der Waals surface area (Å²) >= 11 is 0. The third-order valence-corrected chi connectivity index (χ3v) is 4.68. The SMILES string of the molecule is Cc1nn(C)c(C)c1CC(=O)NCc1cnc([C@H]2CCCCO2)nc1. The predicted molar refractivity (Wildman–Crippen MR) is 92.8 cm³/mol. The van der Waals surface area contributed by atoms with Crippen LogP contribution in [0.2, 0.25) is 0 Å². The van der Waals surface area contributed by atoms with Gasteiger partial charge in [-0.2, -0.15) is 5.10 Å². The monoisotopic (exact) mass is 343 g/mol. The molecule has 1 saturated heterocycles. The van der Waals surface area contributed by atoms with Gasteiger partial charge in [-0.25, -0.2) is 9.97 Å². The van der Waals surface area contributed by atoms with Crippen molar-refractivity contribution in [2.24, 2.45) is 7.05 Å². The maximum Gasteiger partial charge on any atom is 0.224 e.